The van der Waals surface area contributed by atoms with E-state index < -0.39 is 45.4 Å². The van der Waals surface area contributed by atoms with Gasteiger partial charge in [-0.05, 0) is 100.0 Å². The third-order valence-electron chi connectivity index (χ3n) is 9.07. The first-order chi connectivity index (χ1) is 20.5. The molecule has 0 radical (unpaired) electrons. The molecule has 2 amide bonds. The monoisotopic (exact) mass is 638 g/mol. The second kappa shape index (κ2) is 13.1. The van der Waals surface area contributed by atoms with E-state index in [1.165, 1.54) is 39.5 Å². The van der Waals surface area contributed by atoms with Crippen LogP contribution in [0.2, 0.25) is 5.02 Å². The van der Waals surface area contributed by atoms with E-state index in [1.807, 2.05) is 0 Å². The average Bonchev–Trinajstić information content (AvgIpc) is 3.01. The molecule has 0 aromatic heterocycles. The smallest absolute Gasteiger partial charge is 0.409 e. The van der Waals surface area contributed by atoms with Crippen LogP contribution in [0, 0.1) is 11.6 Å². The van der Waals surface area contributed by atoms with Crippen molar-refractivity contribution in [1.82, 2.24) is 14.1 Å². The van der Waals surface area contributed by atoms with Crippen molar-refractivity contribution in [2.24, 2.45) is 5.73 Å². The van der Waals surface area contributed by atoms with Crippen molar-refractivity contribution in [3.05, 3.63) is 64.7 Å². The normalized spacial score (nSPS) is 23.6. The molecule has 234 valence electrons. The molecule has 13 heteroatoms. The number of nitrogens with zero attached hydrogens (tertiary/aromatic N) is 3. The number of rotatable bonds is 7. The fourth-order valence-corrected chi connectivity index (χ4v) is 8.67. The quantitative estimate of drug-likeness (QED) is 0.464. The van der Waals surface area contributed by atoms with Crippen LogP contribution in [0.4, 0.5) is 13.6 Å². The summed E-state index contributed by atoms with van der Waals surface area (Å²) in [7, 11) is -4.16. The second-order valence-corrected chi connectivity index (χ2v) is 13.9. The predicted octanol–water partition coefficient (Wildman–Crippen LogP) is 4.85. The zero-order valence-electron chi connectivity index (χ0n) is 23.9. The number of piperidine rings is 3. The molecule has 3 aliphatic rings. The number of hydrogen-bond acceptors (Lipinski definition) is 6. The van der Waals surface area contributed by atoms with Gasteiger partial charge < -0.3 is 15.4 Å². The van der Waals surface area contributed by atoms with Gasteiger partial charge in [0.1, 0.15) is 12.1 Å². The summed E-state index contributed by atoms with van der Waals surface area (Å²) in [5.41, 5.74) is 5.39. The van der Waals surface area contributed by atoms with Crippen molar-refractivity contribution in [3.63, 3.8) is 0 Å². The van der Waals surface area contributed by atoms with Gasteiger partial charge in [-0.1, -0.05) is 24.1 Å². The summed E-state index contributed by atoms with van der Waals surface area (Å²) < 4.78 is 62.9. The van der Waals surface area contributed by atoms with Gasteiger partial charge in [0.15, 0.2) is 11.6 Å². The van der Waals surface area contributed by atoms with Crippen molar-refractivity contribution >= 4 is 33.6 Å². The van der Waals surface area contributed by atoms with Gasteiger partial charge in [-0.3, -0.25) is 9.69 Å². The third-order valence-corrected chi connectivity index (χ3v) is 11.3. The van der Waals surface area contributed by atoms with Gasteiger partial charge in [0, 0.05) is 18.1 Å². The molecule has 5 rings (SSSR count). The van der Waals surface area contributed by atoms with Gasteiger partial charge in [0.25, 0.3) is 0 Å². The molecule has 2 atom stereocenters. The Balaban J connectivity index is 1.33. The average molecular weight is 639 g/mol. The fraction of sp³-hybridized carbons (Fsp3) is 0.533. The zero-order valence-corrected chi connectivity index (χ0v) is 25.5. The molecule has 0 aliphatic carbocycles. The number of sulfonamides is 1. The highest BCUT2D eigenvalue weighted by Crippen LogP contribution is 2.40. The maximum Gasteiger partial charge on any atom is 0.409 e. The minimum absolute atomic E-state index is 0.0146. The van der Waals surface area contributed by atoms with Crippen LogP contribution in [-0.2, 0) is 19.6 Å². The number of likely N-dealkylation sites (tertiary alicyclic amines) is 2. The molecule has 3 aliphatic heterocycles. The van der Waals surface area contributed by atoms with E-state index in [-0.39, 0.29) is 30.5 Å². The Morgan fingerprint density at radius 2 is 1.60 bits per heavy atom. The maximum atomic E-state index is 14.2. The Kier molecular flexibility index (Phi) is 9.60. The summed E-state index contributed by atoms with van der Waals surface area (Å²) in [5, 5.41) is 0.363. The van der Waals surface area contributed by atoms with Crippen LogP contribution < -0.4 is 5.73 Å². The number of halogens is 3. The maximum absolute atomic E-state index is 14.2. The van der Waals surface area contributed by atoms with Crippen LogP contribution in [-0.4, -0.2) is 78.9 Å². The van der Waals surface area contributed by atoms with Crippen LogP contribution in [0.5, 0.6) is 0 Å². The number of primary amides is 1. The molecule has 0 saturated carbocycles. The van der Waals surface area contributed by atoms with Crippen molar-refractivity contribution in [1.29, 1.82) is 0 Å². The molecule has 0 bridgehead atoms. The van der Waals surface area contributed by atoms with Crippen molar-refractivity contribution in [2.45, 2.75) is 73.9 Å². The van der Waals surface area contributed by atoms with E-state index in [4.69, 9.17) is 22.1 Å². The van der Waals surface area contributed by atoms with Gasteiger partial charge in [-0.2, -0.15) is 4.31 Å². The highest BCUT2D eigenvalue weighted by Gasteiger charge is 2.46. The van der Waals surface area contributed by atoms with Gasteiger partial charge in [-0.25, -0.2) is 22.0 Å². The summed E-state index contributed by atoms with van der Waals surface area (Å²) in [5.74, 6) is -2.48. The highest BCUT2D eigenvalue weighted by atomic mass is 35.5. The van der Waals surface area contributed by atoms with Gasteiger partial charge in [0.2, 0.25) is 15.9 Å². The lowest BCUT2D eigenvalue weighted by Crippen LogP contribution is -2.63. The summed E-state index contributed by atoms with van der Waals surface area (Å²) in [6, 6.07) is 7.52. The number of hydrogen-bond donors (Lipinski definition) is 1. The number of nitrogens with two attached hydrogens (primary N) is 1. The Morgan fingerprint density at radius 1 is 0.930 bits per heavy atom. The Labute approximate surface area is 255 Å². The molecule has 3 heterocycles. The standard InChI is InChI=1S/C30H37ClF2N4O5S/c31-22-8-10-24(11-9-22)43(40,41)37-23(5-4-6-27(37)21-7-12-25(32)26(33)19-21)20-42-29(39)35-17-13-30(14-18-35,28(34)38)36-15-2-1-3-16-36/h7-12,19,23,27H,1-6,13-18,20H2,(H2,34,38)/t23-,27+/m1/s1. The summed E-state index contributed by atoms with van der Waals surface area (Å²) in [6.45, 7) is 1.94. The number of amides is 2. The molecule has 0 unspecified atom stereocenters. The SMILES string of the molecule is NC(=O)C1(N2CCCCC2)CCN(C(=O)OC[C@H]2CCC[C@@H](c3ccc(F)c(F)c3)N2S(=O)(=O)c2ccc(Cl)cc2)CC1. The lowest BCUT2D eigenvalue weighted by molar-refractivity contribution is -0.134. The molecule has 9 nitrogen and oxygen atoms in total. The lowest BCUT2D eigenvalue weighted by Gasteiger charge is -2.47. The van der Waals surface area contributed by atoms with Crippen LogP contribution >= 0.6 is 11.6 Å². The number of benzene rings is 2. The van der Waals surface area contributed by atoms with Crippen molar-refractivity contribution in [2.75, 3.05) is 32.8 Å². The minimum Gasteiger partial charge on any atom is -0.448 e. The van der Waals surface area contributed by atoms with E-state index in [9.17, 15) is 26.8 Å². The molecule has 2 aromatic carbocycles. The number of carbonyl (C=O) groups is 2. The van der Waals surface area contributed by atoms with E-state index in [1.54, 1.807) is 0 Å². The van der Waals surface area contributed by atoms with E-state index in [0.29, 0.717) is 42.7 Å². The largest absolute Gasteiger partial charge is 0.448 e. The molecule has 2 aromatic rings. The van der Waals surface area contributed by atoms with Crippen LogP contribution in [0.1, 0.15) is 63.0 Å². The summed E-state index contributed by atoms with van der Waals surface area (Å²) in [6.07, 6.45) is 4.68. The molecular weight excluding hydrogens is 602 g/mol. The molecule has 0 spiro atoms. The molecular formula is C30H37ClF2N4O5S. The topological polar surface area (TPSA) is 113 Å². The van der Waals surface area contributed by atoms with Crippen molar-refractivity contribution < 1.29 is 31.5 Å². The van der Waals surface area contributed by atoms with E-state index in [2.05, 4.69) is 4.90 Å². The summed E-state index contributed by atoms with van der Waals surface area (Å²) >= 11 is 5.99. The van der Waals surface area contributed by atoms with Crippen LogP contribution in [0.3, 0.4) is 0 Å². The number of ether oxygens (including phenoxy) is 1. The van der Waals surface area contributed by atoms with Gasteiger partial charge in [-0.15, -0.1) is 0 Å². The highest BCUT2D eigenvalue weighted by molar-refractivity contribution is 7.89. The molecule has 3 saturated heterocycles. The Morgan fingerprint density at radius 3 is 2.23 bits per heavy atom. The first-order valence-corrected chi connectivity index (χ1v) is 16.6. The lowest BCUT2D eigenvalue weighted by atomic mass is 9.83. The fourth-order valence-electron chi connectivity index (χ4n) is 6.70. The van der Waals surface area contributed by atoms with E-state index in [0.717, 1.165) is 44.5 Å². The first kappa shape index (κ1) is 31.6. The molecule has 43 heavy (non-hydrogen) atoms. The zero-order chi connectivity index (χ0) is 30.8. The predicted molar refractivity (Wildman–Crippen MR) is 157 cm³/mol. The summed E-state index contributed by atoms with van der Waals surface area (Å²) in [4.78, 5) is 29.4. The van der Waals surface area contributed by atoms with Crippen LogP contribution in [0.15, 0.2) is 47.4 Å². The Bertz CT molecular complexity index is 1430. The van der Waals surface area contributed by atoms with Gasteiger partial charge >= 0.3 is 6.09 Å². The third kappa shape index (κ3) is 6.52. The minimum atomic E-state index is -4.16. The van der Waals surface area contributed by atoms with E-state index >= 15 is 0 Å². The first-order valence-electron chi connectivity index (χ1n) is 14.7. The second-order valence-electron chi connectivity index (χ2n) is 11.6. The molecule has 2 N–H and O–H groups in total. The van der Waals surface area contributed by atoms with Crippen LogP contribution in [0.25, 0.3) is 0 Å². The molecule has 3 fully saturated rings. The Hall–Kier alpha value is -2.80. The number of carbonyl (C=O) groups excluding carboxylic acids is 2. The van der Waals surface area contributed by atoms with Crippen molar-refractivity contribution in [3.8, 4) is 0 Å². The van der Waals surface area contributed by atoms with Gasteiger partial charge in [0.05, 0.1) is 17.0 Å².